The van der Waals surface area contributed by atoms with Gasteiger partial charge in [0.15, 0.2) is 0 Å². The summed E-state index contributed by atoms with van der Waals surface area (Å²) in [5.41, 5.74) is 3.97. The summed E-state index contributed by atoms with van der Waals surface area (Å²) < 4.78 is 13.6. The number of anilines is 2. The van der Waals surface area contributed by atoms with E-state index in [0.29, 0.717) is 11.5 Å². The molecule has 162 valence electrons. The monoisotopic (exact) mass is 446 g/mol. The largest absolute Gasteiger partial charge is 0.343 e. The molecule has 0 aliphatic rings. The second-order valence-corrected chi connectivity index (χ2v) is 8.82. The van der Waals surface area contributed by atoms with Gasteiger partial charge in [0.2, 0.25) is 5.95 Å². The fourth-order valence-electron chi connectivity index (χ4n) is 3.53. The predicted octanol–water partition coefficient (Wildman–Crippen LogP) is 6.06. The van der Waals surface area contributed by atoms with E-state index < -0.39 is 0 Å². The fourth-order valence-corrected chi connectivity index (χ4v) is 4.47. The maximum absolute atomic E-state index is 13.6. The first-order valence-electron chi connectivity index (χ1n) is 10.2. The second kappa shape index (κ2) is 9.28. The summed E-state index contributed by atoms with van der Waals surface area (Å²) in [7, 11) is 0. The molecule has 4 rings (SSSR count). The van der Waals surface area contributed by atoms with Crippen molar-refractivity contribution in [3.05, 3.63) is 106 Å². The van der Waals surface area contributed by atoms with Gasteiger partial charge in [0.05, 0.1) is 6.04 Å². The number of carbonyl (C=O) groups excluding carboxylic acids is 1. The highest BCUT2D eigenvalue weighted by molar-refractivity contribution is 7.16. The minimum absolute atomic E-state index is 0.186. The molecule has 0 spiro atoms. The van der Waals surface area contributed by atoms with Crippen LogP contribution in [0.2, 0.25) is 0 Å². The Kier molecular flexibility index (Phi) is 6.28. The lowest BCUT2D eigenvalue weighted by atomic mass is 10.00. The Bertz CT molecular complexity index is 1220. The van der Waals surface area contributed by atoms with Crippen LogP contribution in [0.5, 0.6) is 0 Å². The number of benzene rings is 2. The highest BCUT2D eigenvalue weighted by Crippen LogP contribution is 2.37. The van der Waals surface area contributed by atoms with Crippen LogP contribution in [-0.4, -0.2) is 15.9 Å². The number of hydrogen-bond acceptors (Lipinski definition) is 5. The predicted molar refractivity (Wildman–Crippen MR) is 127 cm³/mol. The standard InChI is InChI=1S/C25H23FN4OS/c1-15-13-16(2)28-25(27-15)29-22(18-9-11-20(26)12-10-18)21-14-17(3)32-24(21)30-23(31)19-7-5-4-6-8-19/h4-14,22H,1-3H3,(H,30,31)(H,27,28,29). The van der Waals surface area contributed by atoms with Crippen LogP contribution >= 0.6 is 11.3 Å². The van der Waals surface area contributed by atoms with Crippen molar-refractivity contribution in [3.8, 4) is 0 Å². The van der Waals surface area contributed by atoms with Crippen LogP contribution in [0.4, 0.5) is 15.3 Å². The molecule has 7 heteroatoms. The molecule has 2 heterocycles. The molecule has 0 aliphatic heterocycles. The Labute approximate surface area is 190 Å². The molecule has 0 bridgehead atoms. The molecule has 2 N–H and O–H groups in total. The summed E-state index contributed by atoms with van der Waals surface area (Å²) in [6.07, 6.45) is 0. The molecule has 32 heavy (non-hydrogen) atoms. The van der Waals surface area contributed by atoms with E-state index in [2.05, 4.69) is 20.6 Å². The highest BCUT2D eigenvalue weighted by atomic mass is 32.1. The third-order valence-electron chi connectivity index (χ3n) is 4.92. The number of nitrogens with zero attached hydrogens (tertiary/aromatic N) is 2. The normalized spacial score (nSPS) is 11.8. The van der Waals surface area contributed by atoms with Crippen LogP contribution in [0.25, 0.3) is 0 Å². The van der Waals surface area contributed by atoms with E-state index in [-0.39, 0.29) is 17.8 Å². The molecule has 2 aromatic carbocycles. The van der Waals surface area contributed by atoms with Crippen LogP contribution < -0.4 is 10.6 Å². The molecule has 1 amide bonds. The molecule has 0 aliphatic carbocycles. The Morgan fingerprint density at radius 2 is 1.59 bits per heavy atom. The van der Waals surface area contributed by atoms with Gasteiger partial charge in [0, 0.05) is 27.4 Å². The summed E-state index contributed by atoms with van der Waals surface area (Å²) in [4.78, 5) is 22.9. The molecule has 1 atom stereocenters. The lowest BCUT2D eigenvalue weighted by molar-refractivity contribution is 0.102. The zero-order valence-corrected chi connectivity index (χ0v) is 18.8. The van der Waals surface area contributed by atoms with E-state index in [1.54, 1.807) is 24.3 Å². The van der Waals surface area contributed by atoms with Crippen molar-refractivity contribution < 1.29 is 9.18 Å². The average Bonchev–Trinajstić information content (AvgIpc) is 3.12. The topological polar surface area (TPSA) is 66.9 Å². The number of thiophene rings is 1. The lowest BCUT2D eigenvalue weighted by Gasteiger charge is -2.21. The summed E-state index contributed by atoms with van der Waals surface area (Å²) in [5.74, 6) is -0.0236. The van der Waals surface area contributed by atoms with Gasteiger partial charge >= 0.3 is 0 Å². The molecular formula is C25H23FN4OS. The van der Waals surface area contributed by atoms with Crippen LogP contribution in [-0.2, 0) is 0 Å². The SMILES string of the molecule is Cc1cc(C)nc(NC(c2ccc(F)cc2)c2cc(C)sc2NC(=O)c2ccccc2)n1. The fraction of sp³-hybridized carbons (Fsp3) is 0.160. The number of aromatic nitrogens is 2. The van der Waals surface area contributed by atoms with Gasteiger partial charge < -0.3 is 10.6 Å². The van der Waals surface area contributed by atoms with Crippen LogP contribution in [0.3, 0.4) is 0 Å². The first kappa shape index (κ1) is 21.6. The summed E-state index contributed by atoms with van der Waals surface area (Å²) in [6.45, 7) is 5.81. The smallest absolute Gasteiger partial charge is 0.256 e. The molecule has 4 aromatic rings. The van der Waals surface area contributed by atoms with Gasteiger partial charge in [-0.25, -0.2) is 14.4 Å². The maximum Gasteiger partial charge on any atom is 0.256 e. The zero-order valence-electron chi connectivity index (χ0n) is 18.0. The van der Waals surface area contributed by atoms with Crippen LogP contribution in [0, 0.1) is 26.6 Å². The summed E-state index contributed by atoms with van der Waals surface area (Å²) in [5, 5.41) is 7.16. The summed E-state index contributed by atoms with van der Waals surface area (Å²) in [6, 6.07) is 18.9. The summed E-state index contributed by atoms with van der Waals surface area (Å²) >= 11 is 1.49. The van der Waals surface area contributed by atoms with Gasteiger partial charge in [-0.15, -0.1) is 11.3 Å². The van der Waals surface area contributed by atoms with Gasteiger partial charge in [-0.1, -0.05) is 30.3 Å². The number of amides is 1. The quantitative estimate of drug-likeness (QED) is 0.378. The Morgan fingerprint density at radius 3 is 2.25 bits per heavy atom. The Morgan fingerprint density at radius 1 is 0.938 bits per heavy atom. The molecule has 0 saturated heterocycles. The van der Waals surface area contributed by atoms with Gasteiger partial charge in [0.1, 0.15) is 10.8 Å². The van der Waals surface area contributed by atoms with Gasteiger partial charge in [-0.05, 0) is 62.7 Å². The molecule has 1 unspecified atom stereocenters. The number of nitrogens with one attached hydrogen (secondary N) is 2. The zero-order chi connectivity index (χ0) is 22.7. The average molecular weight is 447 g/mol. The number of hydrogen-bond donors (Lipinski definition) is 2. The van der Waals surface area contributed by atoms with E-state index in [4.69, 9.17) is 0 Å². The molecule has 2 aromatic heterocycles. The van der Waals surface area contributed by atoms with Gasteiger partial charge in [-0.2, -0.15) is 0 Å². The minimum atomic E-state index is -0.382. The first-order valence-corrected chi connectivity index (χ1v) is 11.0. The van der Waals surface area contributed by atoms with E-state index in [1.165, 1.54) is 23.5 Å². The first-order chi connectivity index (χ1) is 15.4. The van der Waals surface area contributed by atoms with E-state index >= 15 is 0 Å². The van der Waals surface area contributed by atoms with Crippen molar-refractivity contribution >= 4 is 28.2 Å². The number of aryl methyl sites for hydroxylation is 3. The van der Waals surface area contributed by atoms with Crippen molar-refractivity contribution in [2.24, 2.45) is 0 Å². The highest BCUT2D eigenvalue weighted by Gasteiger charge is 2.23. The van der Waals surface area contributed by atoms with E-state index in [9.17, 15) is 9.18 Å². The van der Waals surface area contributed by atoms with Crippen molar-refractivity contribution in [1.29, 1.82) is 0 Å². The third-order valence-corrected chi connectivity index (χ3v) is 5.90. The van der Waals surface area contributed by atoms with E-state index in [1.807, 2.05) is 51.1 Å². The second-order valence-electron chi connectivity index (χ2n) is 7.56. The van der Waals surface area contributed by atoms with Crippen molar-refractivity contribution in [1.82, 2.24) is 9.97 Å². The number of halogens is 1. The third kappa shape index (κ3) is 5.00. The van der Waals surface area contributed by atoms with Gasteiger partial charge in [-0.3, -0.25) is 4.79 Å². The minimum Gasteiger partial charge on any atom is -0.343 e. The van der Waals surface area contributed by atoms with Crippen molar-refractivity contribution in [2.45, 2.75) is 26.8 Å². The van der Waals surface area contributed by atoms with Crippen molar-refractivity contribution in [2.75, 3.05) is 10.6 Å². The molecule has 5 nitrogen and oxygen atoms in total. The molecule has 0 fully saturated rings. The number of rotatable bonds is 6. The molecular weight excluding hydrogens is 423 g/mol. The molecule has 0 saturated carbocycles. The molecule has 0 radical (unpaired) electrons. The number of carbonyl (C=O) groups is 1. The van der Waals surface area contributed by atoms with Crippen LogP contribution in [0.1, 0.15) is 43.8 Å². The van der Waals surface area contributed by atoms with Gasteiger partial charge in [0.25, 0.3) is 5.91 Å². The van der Waals surface area contributed by atoms with Crippen LogP contribution in [0.15, 0.2) is 66.7 Å². The lowest BCUT2D eigenvalue weighted by Crippen LogP contribution is -2.18. The Balaban J connectivity index is 1.74. The van der Waals surface area contributed by atoms with E-state index in [0.717, 1.165) is 32.4 Å². The Hall–Kier alpha value is -3.58. The maximum atomic E-state index is 13.6. The van der Waals surface area contributed by atoms with Crippen molar-refractivity contribution in [3.63, 3.8) is 0 Å².